The van der Waals surface area contributed by atoms with Crippen LogP contribution in [-0.4, -0.2) is 22.6 Å². The third kappa shape index (κ3) is 4.54. The summed E-state index contributed by atoms with van der Waals surface area (Å²) in [6, 6.07) is 14.0. The van der Waals surface area contributed by atoms with E-state index < -0.39 is 0 Å². The topological polar surface area (TPSA) is 73.2 Å². The molecule has 0 fully saturated rings. The maximum atomic E-state index is 12.3. The highest BCUT2D eigenvalue weighted by atomic mass is 35.5. The molecule has 1 aromatic heterocycles. The van der Waals surface area contributed by atoms with Crippen molar-refractivity contribution in [3.8, 4) is 17.0 Å². The van der Waals surface area contributed by atoms with Crippen LogP contribution in [-0.2, 0) is 11.3 Å². The molecule has 7 heteroatoms. The number of carbonyl (C=O) groups excluding carboxylic acids is 1. The van der Waals surface area contributed by atoms with Gasteiger partial charge in [-0.25, -0.2) is 4.98 Å². The van der Waals surface area contributed by atoms with Crippen LogP contribution in [0.2, 0.25) is 5.02 Å². The van der Waals surface area contributed by atoms with Crippen molar-refractivity contribution in [2.24, 2.45) is 0 Å². The molecule has 1 amide bonds. The number of nitrogens with zero attached hydrogens (tertiary/aromatic N) is 2. The molecule has 0 spiro atoms. The van der Waals surface area contributed by atoms with E-state index in [2.05, 4.69) is 10.3 Å². The number of methoxy groups -OCH3 is 1. The predicted octanol–water partition coefficient (Wildman–Crippen LogP) is 3.52. The molecular weight excluding hydrogens is 366 g/mol. The summed E-state index contributed by atoms with van der Waals surface area (Å²) in [7, 11) is 1.50. The van der Waals surface area contributed by atoms with E-state index in [9.17, 15) is 9.59 Å². The van der Waals surface area contributed by atoms with Crippen molar-refractivity contribution in [2.45, 2.75) is 13.5 Å². The van der Waals surface area contributed by atoms with Gasteiger partial charge >= 0.3 is 0 Å². The first kappa shape index (κ1) is 18.7. The van der Waals surface area contributed by atoms with Gasteiger partial charge in [0, 0.05) is 16.7 Å². The lowest BCUT2D eigenvalue weighted by atomic mass is 10.1. The van der Waals surface area contributed by atoms with Crippen molar-refractivity contribution in [1.82, 2.24) is 9.55 Å². The van der Waals surface area contributed by atoms with Gasteiger partial charge in [-0.05, 0) is 25.1 Å². The Bertz CT molecular complexity index is 1030. The average molecular weight is 384 g/mol. The molecule has 0 bridgehead atoms. The number of hydrogen-bond acceptors (Lipinski definition) is 4. The second-order valence-corrected chi connectivity index (χ2v) is 6.44. The molecule has 6 nitrogen and oxygen atoms in total. The number of carbonyl (C=O) groups is 1. The van der Waals surface area contributed by atoms with Crippen LogP contribution in [0.15, 0.2) is 59.7 Å². The first-order valence-electron chi connectivity index (χ1n) is 8.23. The van der Waals surface area contributed by atoms with Crippen molar-refractivity contribution in [3.05, 3.63) is 75.8 Å². The van der Waals surface area contributed by atoms with E-state index >= 15 is 0 Å². The second-order valence-electron chi connectivity index (χ2n) is 6.00. The zero-order valence-electron chi connectivity index (χ0n) is 14.9. The molecule has 1 heterocycles. The molecule has 0 atom stereocenters. The number of amides is 1. The Labute approximate surface area is 161 Å². The molecule has 138 valence electrons. The standard InChI is InChI=1S/C20H18ClN3O3/c1-13-3-5-14(6-4-13)16-10-20(26)24(12-22-16)11-19(25)23-17-9-15(21)7-8-18(17)27-2/h3-10,12H,11H2,1-2H3,(H,23,25). The molecule has 0 saturated carbocycles. The highest BCUT2D eigenvalue weighted by Gasteiger charge is 2.11. The van der Waals surface area contributed by atoms with Gasteiger partial charge < -0.3 is 10.1 Å². The van der Waals surface area contributed by atoms with Crippen molar-refractivity contribution >= 4 is 23.2 Å². The summed E-state index contributed by atoms with van der Waals surface area (Å²) in [4.78, 5) is 28.9. The van der Waals surface area contributed by atoms with Gasteiger partial charge in [0.1, 0.15) is 12.3 Å². The number of nitrogens with one attached hydrogen (secondary N) is 1. The minimum atomic E-state index is -0.387. The summed E-state index contributed by atoms with van der Waals surface area (Å²) in [6.07, 6.45) is 1.37. The number of aryl methyl sites for hydroxylation is 1. The zero-order chi connectivity index (χ0) is 19.4. The normalized spacial score (nSPS) is 10.5. The van der Waals surface area contributed by atoms with Crippen molar-refractivity contribution < 1.29 is 9.53 Å². The maximum absolute atomic E-state index is 12.3. The number of ether oxygens (including phenoxy) is 1. The third-order valence-electron chi connectivity index (χ3n) is 3.98. The zero-order valence-corrected chi connectivity index (χ0v) is 15.7. The Morgan fingerprint density at radius 3 is 2.59 bits per heavy atom. The van der Waals surface area contributed by atoms with E-state index in [-0.39, 0.29) is 18.0 Å². The summed E-state index contributed by atoms with van der Waals surface area (Å²) in [5.74, 6) is 0.0930. The van der Waals surface area contributed by atoms with Crippen LogP contribution >= 0.6 is 11.6 Å². The summed E-state index contributed by atoms with van der Waals surface area (Å²) < 4.78 is 6.43. The van der Waals surface area contributed by atoms with E-state index in [1.54, 1.807) is 18.2 Å². The molecule has 0 aliphatic carbocycles. The van der Waals surface area contributed by atoms with Gasteiger partial charge in [-0.3, -0.25) is 14.2 Å². The number of aromatic nitrogens is 2. The van der Waals surface area contributed by atoms with Gasteiger partial charge in [0.2, 0.25) is 5.91 Å². The highest BCUT2D eigenvalue weighted by Crippen LogP contribution is 2.27. The van der Waals surface area contributed by atoms with Crippen molar-refractivity contribution in [3.63, 3.8) is 0 Å². The Morgan fingerprint density at radius 1 is 1.19 bits per heavy atom. The van der Waals surface area contributed by atoms with Gasteiger partial charge in [-0.15, -0.1) is 0 Å². The Kier molecular flexibility index (Phi) is 5.57. The van der Waals surface area contributed by atoms with Gasteiger partial charge in [0.05, 0.1) is 24.8 Å². The molecular formula is C20H18ClN3O3. The lowest BCUT2D eigenvalue weighted by molar-refractivity contribution is -0.116. The summed E-state index contributed by atoms with van der Waals surface area (Å²) in [6.45, 7) is 1.82. The molecule has 2 aromatic carbocycles. The number of anilines is 1. The minimum Gasteiger partial charge on any atom is -0.495 e. The number of rotatable bonds is 5. The van der Waals surface area contributed by atoms with Gasteiger partial charge in [0.25, 0.3) is 5.56 Å². The van der Waals surface area contributed by atoms with Gasteiger partial charge in [-0.1, -0.05) is 41.4 Å². The van der Waals surface area contributed by atoms with Crippen molar-refractivity contribution in [2.75, 3.05) is 12.4 Å². The summed E-state index contributed by atoms with van der Waals surface area (Å²) >= 11 is 5.96. The molecule has 3 aromatic rings. The fraction of sp³-hybridized carbons (Fsp3) is 0.150. The SMILES string of the molecule is COc1ccc(Cl)cc1NC(=O)Cn1cnc(-c2ccc(C)cc2)cc1=O. The van der Waals surface area contributed by atoms with E-state index in [1.165, 1.54) is 24.1 Å². The molecule has 0 radical (unpaired) electrons. The maximum Gasteiger partial charge on any atom is 0.254 e. The molecule has 27 heavy (non-hydrogen) atoms. The van der Waals surface area contributed by atoms with Gasteiger partial charge in [-0.2, -0.15) is 0 Å². The number of halogens is 1. The van der Waals surface area contributed by atoms with Crippen LogP contribution in [0.1, 0.15) is 5.56 Å². The van der Waals surface area contributed by atoms with Crippen LogP contribution in [0, 0.1) is 6.92 Å². The Morgan fingerprint density at radius 2 is 1.93 bits per heavy atom. The largest absolute Gasteiger partial charge is 0.495 e. The molecule has 0 aliphatic rings. The number of benzene rings is 2. The fourth-order valence-corrected chi connectivity index (χ4v) is 2.72. The van der Waals surface area contributed by atoms with E-state index in [1.807, 2.05) is 31.2 Å². The van der Waals surface area contributed by atoms with E-state index in [0.29, 0.717) is 22.2 Å². The Balaban J connectivity index is 1.76. The molecule has 3 rings (SSSR count). The minimum absolute atomic E-state index is 0.171. The smallest absolute Gasteiger partial charge is 0.254 e. The first-order chi connectivity index (χ1) is 13.0. The molecule has 0 unspecified atom stereocenters. The van der Waals surface area contributed by atoms with Crippen LogP contribution in [0.5, 0.6) is 5.75 Å². The summed E-state index contributed by atoms with van der Waals surface area (Å²) in [5, 5.41) is 3.16. The van der Waals surface area contributed by atoms with Crippen molar-refractivity contribution in [1.29, 1.82) is 0 Å². The van der Waals surface area contributed by atoms with Crippen LogP contribution < -0.4 is 15.6 Å². The quantitative estimate of drug-likeness (QED) is 0.731. The van der Waals surface area contributed by atoms with Crippen LogP contribution in [0.4, 0.5) is 5.69 Å². The molecule has 0 aliphatic heterocycles. The van der Waals surface area contributed by atoms with Crippen LogP contribution in [0.25, 0.3) is 11.3 Å². The molecule has 0 saturated heterocycles. The van der Waals surface area contributed by atoms with Gasteiger partial charge in [0.15, 0.2) is 0 Å². The molecule has 1 N–H and O–H groups in total. The second kappa shape index (κ2) is 8.05. The van der Waals surface area contributed by atoms with Crippen LogP contribution in [0.3, 0.4) is 0 Å². The lowest BCUT2D eigenvalue weighted by Crippen LogP contribution is -2.27. The average Bonchev–Trinajstić information content (AvgIpc) is 2.64. The first-order valence-corrected chi connectivity index (χ1v) is 8.61. The summed E-state index contributed by atoms with van der Waals surface area (Å²) in [5.41, 5.74) is 2.66. The van der Waals surface area contributed by atoms with E-state index in [4.69, 9.17) is 16.3 Å². The predicted molar refractivity (Wildman–Crippen MR) is 105 cm³/mol. The number of hydrogen-bond donors (Lipinski definition) is 1. The van der Waals surface area contributed by atoms with E-state index in [0.717, 1.165) is 11.1 Å². The third-order valence-corrected chi connectivity index (χ3v) is 4.21. The fourth-order valence-electron chi connectivity index (χ4n) is 2.55. The monoisotopic (exact) mass is 383 g/mol. The lowest BCUT2D eigenvalue weighted by Gasteiger charge is -2.11. The highest BCUT2D eigenvalue weighted by molar-refractivity contribution is 6.31. The Hall–Kier alpha value is -3.12.